The number of nitrogens with zero attached hydrogens (tertiary/aromatic N) is 1. The fourth-order valence-corrected chi connectivity index (χ4v) is 0.585. The summed E-state index contributed by atoms with van der Waals surface area (Å²) in [6.07, 6.45) is 1.49. The molecule has 9 heavy (non-hydrogen) atoms. The number of rotatable bonds is 3. The number of nitrogens with one attached hydrogen (secondary N) is 1. The third-order valence-corrected chi connectivity index (χ3v) is 1.07. The summed E-state index contributed by atoms with van der Waals surface area (Å²) in [6.45, 7) is 3.97. The Bertz CT molecular complexity index is 106. The smallest absolute Gasteiger partial charge is 0.287 e. The second kappa shape index (κ2) is 4.16. The molecule has 0 heterocycles. The molecule has 0 aromatic heterocycles. The zero-order valence-corrected chi connectivity index (χ0v) is 6.01. The van der Waals surface area contributed by atoms with Crippen molar-refractivity contribution < 1.29 is 4.74 Å². The third-order valence-electron chi connectivity index (χ3n) is 1.07. The van der Waals surface area contributed by atoms with E-state index in [0.29, 0.717) is 5.92 Å². The molecule has 1 atom stereocenters. The Hall–Kier alpha value is -0.750. The molecule has 1 unspecified atom stereocenters. The second-order valence-corrected chi connectivity index (χ2v) is 2.16. The van der Waals surface area contributed by atoms with Crippen molar-refractivity contribution >= 4 is 0 Å². The van der Waals surface area contributed by atoms with Crippen LogP contribution in [0.4, 0.5) is 0 Å². The third kappa shape index (κ3) is 2.94. The van der Waals surface area contributed by atoms with Crippen molar-refractivity contribution in [2.24, 2.45) is 5.92 Å². The van der Waals surface area contributed by atoms with Crippen molar-refractivity contribution in [3.63, 3.8) is 0 Å². The minimum Gasteiger partial charge on any atom is -0.408 e. The monoisotopic (exact) mass is 128 g/mol. The van der Waals surface area contributed by atoms with Gasteiger partial charge >= 0.3 is 0 Å². The molecule has 3 nitrogen and oxygen atoms in total. The van der Waals surface area contributed by atoms with Gasteiger partial charge in [-0.15, -0.1) is 0 Å². The van der Waals surface area contributed by atoms with E-state index in [1.807, 2.05) is 13.8 Å². The molecular formula is C6H12N2O. The van der Waals surface area contributed by atoms with E-state index < -0.39 is 0 Å². The normalized spacial score (nSPS) is 12.8. The zero-order valence-electron chi connectivity index (χ0n) is 6.01. The number of hydrogen-bond acceptors (Lipinski definition) is 3. The van der Waals surface area contributed by atoms with Crippen molar-refractivity contribution in [1.82, 2.24) is 5.32 Å². The summed E-state index contributed by atoms with van der Waals surface area (Å²) in [5.74, 6) is 0.328. The quantitative estimate of drug-likeness (QED) is 0.449. The molecule has 0 saturated heterocycles. The molecule has 1 N–H and O–H groups in total. The lowest BCUT2D eigenvalue weighted by molar-refractivity contribution is 0.0909. The van der Waals surface area contributed by atoms with E-state index in [4.69, 9.17) is 5.26 Å². The first-order valence-corrected chi connectivity index (χ1v) is 2.94. The molecule has 0 aliphatic rings. The topological polar surface area (TPSA) is 45.0 Å². The predicted octanol–water partition coefficient (Wildman–Crippen LogP) is 0.686. The summed E-state index contributed by atoms with van der Waals surface area (Å²) in [7, 11) is 1.77. The van der Waals surface area contributed by atoms with Crippen molar-refractivity contribution in [3.8, 4) is 6.26 Å². The maximum absolute atomic E-state index is 8.10. The van der Waals surface area contributed by atoms with Gasteiger partial charge in [-0.05, 0) is 7.05 Å². The van der Waals surface area contributed by atoms with Crippen LogP contribution < -0.4 is 5.32 Å². The minimum absolute atomic E-state index is 0.144. The van der Waals surface area contributed by atoms with Gasteiger partial charge in [0.15, 0.2) is 6.23 Å². The van der Waals surface area contributed by atoms with Gasteiger partial charge in [0.05, 0.1) is 0 Å². The summed E-state index contributed by atoms with van der Waals surface area (Å²) in [6, 6.07) is 0. The second-order valence-electron chi connectivity index (χ2n) is 2.16. The van der Waals surface area contributed by atoms with Crippen molar-refractivity contribution in [1.29, 1.82) is 5.26 Å². The van der Waals surface area contributed by atoms with Gasteiger partial charge in [0, 0.05) is 5.92 Å². The van der Waals surface area contributed by atoms with Gasteiger partial charge in [-0.25, -0.2) is 0 Å². The van der Waals surface area contributed by atoms with Crippen LogP contribution in [0.2, 0.25) is 0 Å². The maximum Gasteiger partial charge on any atom is 0.287 e. The molecular weight excluding hydrogens is 116 g/mol. The minimum atomic E-state index is -0.144. The molecule has 0 spiro atoms. The summed E-state index contributed by atoms with van der Waals surface area (Å²) >= 11 is 0. The molecule has 52 valence electrons. The zero-order chi connectivity index (χ0) is 7.28. The Labute approximate surface area is 55.6 Å². The standard InChI is InChI=1S/C6H12N2O/c1-5(2)6(8-3)9-4-7/h5-6,8H,1-3H3. The van der Waals surface area contributed by atoms with Crippen molar-refractivity contribution in [2.75, 3.05) is 7.05 Å². The largest absolute Gasteiger partial charge is 0.408 e. The molecule has 0 bridgehead atoms. The van der Waals surface area contributed by atoms with E-state index in [-0.39, 0.29) is 6.23 Å². The summed E-state index contributed by atoms with van der Waals surface area (Å²) < 4.78 is 4.65. The Kier molecular flexibility index (Phi) is 3.81. The average Bonchev–Trinajstić information content (AvgIpc) is 1.82. The molecule has 0 fully saturated rings. The van der Waals surface area contributed by atoms with Gasteiger partial charge in [0.1, 0.15) is 0 Å². The lowest BCUT2D eigenvalue weighted by Crippen LogP contribution is -2.31. The van der Waals surface area contributed by atoms with Gasteiger partial charge in [-0.3, -0.25) is 5.32 Å². The van der Waals surface area contributed by atoms with Gasteiger partial charge in [0.2, 0.25) is 0 Å². The van der Waals surface area contributed by atoms with Gasteiger partial charge in [-0.1, -0.05) is 13.8 Å². The highest BCUT2D eigenvalue weighted by Crippen LogP contribution is 2.00. The van der Waals surface area contributed by atoms with Crippen LogP contribution in [-0.2, 0) is 4.74 Å². The molecule has 0 rings (SSSR count). The van der Waals surface area contributed by atoms with E-state index in [2.05, 4.69) is 10.1 Å². The Morgan fingerprint density at radius 1 is 1.56 bits per heavy atom. The fourth-order valence-electron chi connectivity index (χ4n) is 0.585. The lowest BCUT2D eigenvalue weighted by atomic mass is 10.2. The molecule has 0 aliphatic heterocycles. The van der Waals surface area contributed by atoms with E-state index >= 15 is 0 Å². The van der Waals surface area contributed by atoms with Crippen LogP contribution in [0, 0.1) is 17.4 Å². The average molecular weight is 128 g/mol. The number of ether oxygens (including phenoxy) is 1. The fraction of sp³-hybridized carbons (Fsp3) is 0.833. The lowest BCUT2D eigenvalue weighted by Gasteiger charge is -2.15. The summed E-state index contributed by atoms with van der Waals surface area (Å²) in [5.41, 5.74) is 0. The van der Waals surface area contributed by atoms with Crippen LogP contribution in [0.1, 0.15) is 13.8 Å². The molecule has 0 aromatic rings. The van der Waals surface area contributed by atoms with E-state index in [1.165, 1.54) is 0 Å². The van der Waals surface area contributed by atoms with E-state index in [1.54, 1.807) is 13.3 Å². The summed E-state index contributed by atoms with van der Waals surface area (Å²) in [5, 5.41) is 11.0. The first-order chi connectivity index (χ1) is 4.22. The van der Waals surface area contributed by atoms with E-state index in [0.717, 1.165) is 0 Å². The molecule has 0 aromatic carbocycles. The van der Waals surface area contributed by atoms with Crippen LogP contribution in [0.3, 0.4) is 0 Å². The molecule has 0 saturated carbocycles. The number of hydrogen-bond donors (Lipinski definition) is 1. The number of nitriles is 1. The van der Waals surface area contributed by atoms with Crippen molar-refractivity contribution in [3.05, 3.63) is 0 Å². The highest BCUT2D eigenvalue weighted by molar-refractivity contribution is 4.61. The van der Waals surface area contributed by atoms with Crippen LogP contribution in [0.15, 0.2) is 0 Å². The van der Waals surface area contributed by atoms with Crippen LogP contribution >= 0.6 is 0 Å². The summed E-state index contributed by atoms with van der Waals surface area (Å²) in [4.78, 5) is 0. The first-order valence-electron chi connectivity index (χ1n) is 2.94. The Morgan fingerprint density at radius 3 is 2.22 bits per heavy atom. The predicted molar refractivity (Wildman–Crippen MR) is 34.4 cm³/mol. The van der Waals surface area contributed by atoms with E-state index in [9.17, 15) is 0 Å². The van der Waals surface area contributed by atoms with Gasteiger partial charge in [0.25, 0.3) is 6.26 Å². The molecule has 3 heteroatoms. The molecule has 0 radical (unpaired) electrons. The highest BCUT2D eigenvalue weighted by Gasteiger charge is 2.09. The Balaban J connectivity index is 3.57. The van der Waals surface area contributed by atoms with Crippen LogP contribution in [0.5, 0.6) is 0 Å². The van der Waals surface area contributed by atoms with Gasteiger partial charge < -0.3 is 4.74 Å². The first kappa shape index (κ1) is 8.25. The van der Waals surface area contributed by atoms with Crippen LogP contribution in [-0.4, -0.2) is 13.3 Å². The molecule has 0 amide bonds. The maximum atomic E-state index is 8.10. The van der Waals surface area contributed by atoms with Gasteiger partial charge in [-0.2, -0.15) is 5.26 Å². The highest BCUT2D eigenvalue weighted by atomic mass is 16.5. The molecule has 0 aliphatic carbocycles. The van der Waals surface area contributed by atoms with Crippen LogP contribution in [0.25, 0.3) is 0 Å². The SMILES string of the molecule is CNC(OC#N)C(C)C. The van der Waals surface area contributed by atoms with Crippen molar-refractivity contribution in [2.45, 2.75) is 20.1 Å². The Morgan fingerprint density at radius 2 is 2.11 bits per heavy atom.